The molecular formula is C21H21N5O5S. The van der Waals surface area contributed by atoms with E-state index in [1.165, 1.54) is 28.6 Å². The zero-order chi connectivity index (χ0) is 22.7. The van der Waals surface area contributed by atoms with Crippen LogP contribution >= 0.6 is 0 Å². The Morgan fingerprint density at radius 2 is 1.62 bits per heavy atom. The van der Waals surface area contributed by atoms with E-state index in [9.17, 15) is 18.5 Å². The van der Waals surface area contributed by atoms with Gasteiger partial charge in [0.2, 0.25) is 10.0 Å². The Morgan fingerprint density at radius 3 is 2.22 bits per heavy atom. The summed E-state index contributed by atoms with van der Waals surface area (Å²) in [6.45, 7) is 1.45. The first-order valence-electron chi connectivity index (χ1n) is 9.87. The number of non-ortho nitro benzene ring substituents is 1. The van der Waals surface area contributed by atoms with E-state index in [1.54, 1.807) is 7.11 Å². The number of hydrogen-bond donors (Lipinski definition) is 0. The Balaban J connectivity index is 1.44. The summed E-state index contributed by atoms with van der Waals surface area (Å²) in [5, 5.41) is 19.4. The number of sulfonamides is 1. The number of anilines is 1. The van der Waals surface area contributed by atoms with E-state index in [0.29, 0.717) is 30.4 Å². The maximum absolute atomic E-state index is 12.9. The molecule has 166 valence electrons. The molecule has 0 amide bonds. The zero-order valence-electron chi connectivity index (χ0n) is 17.3. The maximum Gasteiger partial charge on any atom is 0.269 e. The molecule has 1 saturated heterocycles. The fraction of sp³-hybridized carbons (Fsp3) is 0.238. The lowest BCUT2D eigenvalue weighted by Gasteiger charge is -2.34. The molecule has 0 saturated carbocycles. The molecule has 1 fully saturated rings. The van der Waals surface area contributed by atoms with Crippen LogP contribution in [0.25, 0.3) is 11.3 Å². The molecule has 0 unspecified atom stereocenters. The van der Waals surface area contributed by atoms with Crippen LogP contribution < -0.4 is 9.64 Å². The van der Waals surface area contributed by atoms with Gasteiger partial charge in [-0.05, 0) is 36.4 Å². The number of para-hydroxylation sites is 1. The van der Waals surface area contributed by atoms with Gasteiger partial charge in [0.05, 0.1) is 22.6 Å². The van der Waals surface area contributed by atoms with Crippen molar-refractivity contribution in [1.29, 1.82) is 0 Å². The summed E-state index contributed by atoms with van der Waals surface area (Å²) < 4.78 is 32.5. The van der Waals surface area contributed by atoms with Gasteiger partial charge in [-0.2, -0.15) is 4.31 Å². The van der Waals surface area contributed by atoms with Gasteiger partial charge in [0, 0.05) is 43.9 Å². The van der Waals surface area contributed by atoms with Crippen molar-refractivity contribution >= 4 is 21.5 Å². The fourth-order valence-electron chi connectivity index (χ4n) is 3.54. The van der Waals surface area contributed by atoms with Gasteiger partial charge in [0.25, 0.3) is 5.69 Å². The van der Waals surface area contributed by atoms with Gasteiger partial charge in [0.15, 0.2) is 5.82 Å². The highest BCUT2D eigenvalue weighted by Gasteiger charge is 2.29. The van der Waals surface area contributed by atoms with Gasteiger partial charge in [0.1, 0.15) is 5.75 Å². The molecule has 11 heteroatoms. The van der Waals surface area contributed by atoms with Gasteiger partial charge >= 0.3 is 0 Å². The van der Waals surface area contributed by atoms with Crippen LogP contribution in [0.1, 0.15) is 0 Å². The van der Waals surface area contributed by atoms with E-state index in [2.05, 4.69) is 10.2 Å². The molecule has 10 nitrogen and oxygen atoms in total. The van der Waals surface area contributed by atoms with E-state index in [-0.39, 0.29) is 23.7 Å². The van der Waals surface area contributed by atoms with Gasteiger partial charge in [-0.25, -0.2) is 8.42 Å². The highest BCUT2D eigenvalue weighted by Crippen LogP contribution is 2.28. The topological polar surface area (TPSA) is 119 Å². The predicted octanol–water partition coefficient (Wildman–Crippen LogP) is 2.57. The van der Waals surface area contributed by atoms with Crippen LogP contribution in [-0.2, 0) is 10.0 Å². The van der Waals surface area contributed by atoms with Crippen LogP contribution in [0.3, 0.4) is 0 Å². The van der Waals surface area contributed by atoms with Crippen molar-refractivity contribution in [3.8, 4) is 17.0 Å². The molecular weight excluding hydrogens is 434 g/mol. The number of rotatable bonds is 6. The lowest BCUT2D eigenvalue weighted by Crippen LogP contribution is -2.48. The molecule has 0 spiro atoms. The van der Waals surface area contributed by atoms with Crippen LogP contribution in [0, 0.1) is 10.1 Å². The summed E-state index contributed by atoms with van der Waals surface area (Å²) in [5.41, 5.74) is 1.38. The van der Waals surface area contributed by atoms with Crippen molar-refractivity contribution in [3.05, 3.63) is 70.8 Å². The fourth-order valence-corrected chi connectivity index (χ4v) is 4.96. The number of nitro groups is 1. The minimum absolute atomic E-state index is 0.0394. The zero-order valence-corrected chi connectivity index (χ0v) is 18.1. The quantitative estimate of drug-likeness (QED) is 0.411. The highest BCUT2D eigenvalue weighted by molar-refractivity contribution is 7.89. The lowest BCUT2D eigenvalue weighted by atomic mass is 10.1. The Bertz CT molecular complexity index is 1210. The summed E-state index contributed by atoms with van der Waals surface area (Å²) >= 11 is 0. The molecule has 0 bridgehead atoms. The van der Waals surface area contributed by atoms with Crippen LogP contribution in [0.2, 0.25) is 0 Å². The van der Waals surface area contributed by atoms with E-state index < -0.39 is 14.9 Å². The smallest absolute Gasteiger partial charge is 0.269 e. The molecule has 1 aliphatic heterocycles. The van der Waals surface area contributed by atoms with Crippen molar-refractivity contribution in [1.82, 2.24) is 14.5 Å². The normalized spacial score (nSPS) is 14.8. The Kier molecular flexibility index (Phi) is 6.01. The molecule has 1 aliphatic rings. The van der Waals surface area contributed by atoms with Crippen molar-refractivity contribution in [2.24, 2.45) is 0 Å². The first-order chi connectivity index (χ1) is 15.4. The maximum atomic E-state index is 12.9. The van der Waals surface area contributed by atoms with Gasteiger partial charge < -0.3 is 9.64 Å². The minimum atomic E-state index is -3.73. The number of ether oxygens (including phenoxy) is 1. The second-order valence-corrected chi connectivity index (χ2v) is 9.06. The van der Waals surface area contributed by atoms with Gasteiger partial charge in [-0.15, -0.1) is 10.2 Å². The molecule has 2 heterocycles. The van der Waals surface area contributed by atoms with Crippen LogP contribution in [0.15, 0.2) is 65.6 Å². The first-order valence-corrected chi connectivity index (χ1v) is 11.3. The van der Waals surface area contributed by atoms with Crippen molar-refractivity contribution in [2.75, 3.05) is 38.2 Å². The predicted molar refractivity (Wildman–Crippen MR) is 118 cm³/mol. The Hall–Kier alpha value is -3.57. The molecule has 0 atom stereocenters. The summed E-state index contributed by atoms with van der Waals surface area (Å²) in [4.78, 5) is 12.2. The average molecular weight is 455 g/mol. The molecule has 0 aliphatic carbocycles. The number of benzene rings is 2. The molecule has 0 N–H and O–H groups in total. The molecule has 4 rings (SSSR count). The van der Waals surface area contributed by atoms with Gasteiger partial charge in [-0.1, -0.05) is 12.1 Å². The van der Waals surface area contributed by atoms with Crippen molar-refractivity contribution < 1.29 is 18.1 Å². The van der Waals surface area contributed by atoms with Gasteiger partial charge in [-0.3, -0.25) is 10.1 Å². The van der Waals surface area contributed by atoms with E-state index in [4.69, 9.17) is 4.74 Å². The number of methoxy groups -OCH3 is 1. The largest absolute Gasteiger partial charge is 0.496 e. The standard InChI is InChI=1S/C21H21N5O5S/c1-31-20-5-3-2-4-18(20)19-10-11-21(23-22-19)24-12-14-25(15-13-24)32(29,30)17-8-6-16(7-9-17)26(27)28/h2-11H,12-15H2,1H3. The van der Waals surface area contributed by atoms with Crippen molar-refractivity contribution in [3.63, 3.8) is 0 Å². The van der Waals surface area contributed by atoms with Crippen LogP contribution in [0.5, 0.6) is 5.75 Å². The first kappa shape index (κ1) is 21.7. The van der Waals surface area contributed by atoms with Crippen molar-refractivity contribution in [2.45, 2.75) is 4.90 Å². The van der Waals surface area contributed by atoms with Crippen LogP contribution in [-0.4, -0.2) is 61.1 Å². The molecule has 3 aromatic rings. The summed E-state index contributed by atoms with van der Waals surface area (Å²) in [5.74, 6) is 1.37. The SMILES string of the molecule is COc1ccccc1-c1ccc(N2CCN(S(=O)(=O)c3ccc([N+](=O)[O-])cc3)CC2)nn1. The second kappa shape index (κ2) is 8.89. The lowest BCUT2D eigenvalue weighted by molar-refractivity contribution is -0.384. The molecule has 1 aromatic heterocycles. The summed E-state index contributed by atoms with van der Waals surface area (Å²) in [6.07, 6.45) is 0. The number of aromatic nitrogens is 2. The Labute approximate surface area is 185 Å². The average Bonchev–Trinajstić information content (AvgIpc) is 2.84. The monoisotopic (exact) mass is 455 g/mol. The number of nitro benzene ring substituents is 1. The summed E-state index contributed by atoms with van der Waals surface area (Å²) in [6, 6.07) is 16.2. The number of nitrogens with zero attached hydrogens (tertiary/aromatic N) is 5. The highest BCUT2D eigenvalue weighted by atomic mass is 32.2. The number of piperazine rings is 1. The third kappa shape index (κ3) is 4.25. The molecule has 32 heavy (non-hydrogen) atoms. The molecule has 0 radical (unpaired) electrons. The molecule has 2 aromatic carbocycles. The number of hydrogen-bond acceptors (Lipinski definition) is 8. The van der Waals surface area contributed by atoms with E-state index >= 15 is 0 Å². The second-order valence-electron chi connectivity index (χ2n) is 7.12. The Morgan fingerprint density at radius 1 is 0.938 bits per heavy atom. The third-order valence-electron chi connectivity index (χ3n) is 5.28. The van der Waals surface area contributed by atoms with Crippen LogP contribution in [0.4, 0.5) is 11.5 Å². The van der Waals surface area contributed by atoms with E-state index in [1.807, 2.05) is 41.3 Å². The third-order valence-corrected chi connectivity index (χ3v) is 7.19. The summed E-state index contributed by atoms with van der Waals surface area (Å²) in [7, 11) is -2.12. The minimum Gasteiger partial charge on any atom is -0.496 e. The van der Waals surface area contributed by atoms with E-state index in [0.717, 1.165) is 5.56 Å².